The van der Waals surface area contributed by atoms with E-state index < -0.39 is 11.0 Å². The normalized spacial score (nSPS) is 11.7. The molecule has 0 aromatic heterocycles. The summed E-state index contributed by atoms with van der Waals surface area (Å²) in [7, 11) is 2.84. The zero-order valence-corrected chi connectivity index (χ0v) is 14.9. The third-order valence-electron chi connectivity index (χ3n) is 4.25. The lowest BCUT2D eigenvalue weighted by Crippen LogP contribution is -2.99. The number of benzene rings is 3. The Bertz CT molecular complexity index is 937. The Morgan fingerprint density at radius 2 is 1.44 bits per heavy atom. The van der Waals surface area contributed by atoms with E-state index in [-0.39, 0.29) is 17.0 Å². The molecule has 0 aliphatic carbocycles. The summed E-state index contributed by atoms with van der Waals surface area (Å²) in [5.74, 6) is 0.158. The van der Waals surface area contributed by atoms with E-state index in [4.69, 9.17) is 9.47 Å². The first-order valence-electron chi connectivity index (χ1n) is 8.24. The lowest BCUT2D eigenvalue weighted by molar-refractivity contribution is -0.991. The van der Waals surface area contributed by atoms with Crippen molar-refractivity contribution in [3.63, 3.8) is 0 Å². The summed E-state index contributed by atoms with van der Waals surface area (Å²) in [6.07, 6.45) is 0. The molecule has 2 N–H and O–H groups in total. The van der Waals surface area contributed by atoms with Crippen LogP contribution in [0.25, 0.3) is 11.1 Å². The van der Waals surface area contributed by atoms with Crippen LogP contribution in [0.2, 0.25) is 0 Å². The average Bonchev–Trinajstić information content (AvgIpc) is 2.72. The largest absolute Gasteiger partial charge is 0.595 e. The maximum absolute atomic E-state index is 12.9. The molecule has 1 atom stereocenters. The highest BCUT2D eigenvalue weighted by Crippen LogP contribution is 2.33. The van der Waals surface area contributed by atoms with Crippen molar-refractivity contribution in [3.05, 3.63) is 83.1 Å². The van der Waals surface area contributed by atoms with Crippen molar-refractivity contribution >= 4 is 11.5 Å². The van der Waals surface area contributed by atoms with Crippen LogP contribution >= 0.6 is 0 Å². The molecule has 0 saturated heterocycles. The molecular weight excluding hydrogens is 346 g/mol. The minimum Gasteiger partial charge on any atom is -0.595 e. The van der Waals surface area contributed by atoms with Crippen LogP contribution in [0, 0.1) is 5.21 Å². The van der Waals surface area contributed by atoms with Crippen molar-refractivity contribution in [1.29, 1.82) is 0 Å². The van der Waals surface area contributed by atoms with Gasteiger partial charge in [-0.1, -0.05) is 54.6 Å². The molecule has 0 aliphatic heterocycles. The third-order valence-corrected chi connectivity index (χ3v) is 4.25. The predicted molar refractivity (Wildman–Crippen MR) is 101 cm³/mol. The molecule has 6 nitrogen and oxygen atoms in total. The molecule has 0 aliphatic rings. The second-order valence-corrected chi connectivity index (χ2v) is 5.83. The molecule has 3 aromatic carbocycles. The summed E-state index contributed by atoms with van der Waals surface area (Å²) < 4.78 is 10.3. The number of methoxy groups -OCH3 is 2. The van der Waals surface area contributed by atoms with E-state index in [0.29, 0.717) is 11.3 Å². The van der Waals surface area contributed by atoms with Crippen LogP contribution in [0.4, 0.5) is 5.69 Å². The molecule has 0 heterocycles. The molecule has 0 bridgehead atoms. The fourth-order valence-electron chi connectivity index (χ4n) is 2.84. The van der Waals surface area contributed by atoms with Crippen molar-refractivity contribution in [1.82, 2.24) is 0 Å². The van der Waals surface area contributed by atoms with Gasteiger partial charge in [0.05, 0.1) is 19.8 Å². The van der Waals surface area contributed by atoms with E-state index >= 15 is 0 Å². The van der Waals surface area contributed by atoms with Crippen LogP contribution in [0.1, 0.15) is 15.9 Å². The Labute approximate surface area is 156 Å². The van der Waals surface area contributed by atoms with Crippen LogP contribution < -0.4 is 14.7 Å². The number of quaternary nitrogens is 1. The standard InChI is InChI=1S/C21H19NO5/c1-26-19-12-17(18(22(24)25)13-20(19)27-2)21(23)16-10-8-15(9-11-16)14-6-4-3-5-7-14/h3-13,22,24H,1-2H3. The molecule has 0 spiro atoms. The summed E-state index contributed by atoms with van der Waals surface area (Å²) >= 11 is 0. The number of carbonyl (C=O) groups excluding carboxylic acids is 1. The second kappa shape index (κ2) is 8.01. The number of rotatable bonds is 6. The van der Waals surface area contributed by atoms with Crippen LogP contribution in [0.15, 0.2) is 66.7 Å². The second-order valence-electron chi connectivity index (χ2n) is 5.83. The zero-order chi connectivity index (χ0) is 19.4. The van der Waals surface area contributed by atoms with Gasteiger partial charge in [0.25, 0.3) is 0 Å². The van der Waals surface area contributed by atoms with Crippen LogP contribution in [0.3, 0.4) is 0 Å². The smallest absolute Gasteiger partial charge is 0.199 e. The highest BCUT2D eigenvalue weighted by molar-refractivity contribution is 6.12. The monoisotopic (exact) mass is 365 g/mol. The summed E-state index contributed by atoms with van der Waals surface area (Å²) in [6, 6.07) is 19.5. The first-order valence-corrected chi connectivity index (χ1v) is 8.24. The number of ether oxygens (including phenoxy) is 2. The van der Waals surface area contributed by atoms with Gasteiger partial charge in [-0.15, -0.1) is 0 Å². The molecular formula is C21H19NO5. The van der Waals surface area contributed by atoms with Crippen molar-refractivity contribution in [2.24, 2.45) is 0 Å². The number of ketones is 1. The Balaban J connectivity index is 2.00. The quantitative estimate of drug-likeness (QED) is 0.518. The topological polar surface area (TPSA) is 83.3 Å². The highest BCUT2D eigenvalue weighted by Gasteiger charge is 2.22. The molecule has 27 heavy (non-hydrogen) atoms. The lowest BCUT2D eigenvalue weighted by atomic mass is 9.98. The fraction of sp³-hybridized carbons (Fsp3) is 0.0952. The van der Waals surface area contributed by atoms with Crippen LogP contribution in [-0.4, -0.2) is 25.2 Å². The Morgan fingerprint density at radius 3 is 2.00 bits per heavy atom. The number of carbonyl (C=O) groups is 1. The van der Waals surface area contributed by atoms with Gasteiger partial charge in [-0.3, -0.25) is 4.79 Å². The number of hydrogen-bond donors (Lipinski definition) is 2. The van der Waals surface area contributed by atoms with Crippen molar-refractivity contribution in [2.45, 2.75) is 0 Å². The van der Waals surface area contributed by atoms with Gasteiger partial charge in [0.15, 0.2) is 23.0 Å². The maximum Gasteiger partial charge on any atom is 0.199 e. The molecule has 138 valence electrons. The summed E-state index contributed by atoms with van der Waals surface area (Å²) in [5, 5.41) is 19.9. The average molecular weight is 365 g/mol. The summed E-state index contributed by atoms with van der Waals surface area (Å²) in [4.78, 5) is 12.9. The fourth-order valence-corrected chi connectivity index (χ4v) is 2.84. The maximum atomic E-state index is 12.9. The summed E-state index contributed by atoms with van der Waals surface area (Å²) in [6.45, 7) is 0. The SMILES string of the molecule is COc1cc(C(=O)c2ccc(-c3ccccc3)cc2)c([NH+]([O-])O)cc1OC. The van der Waals surface area contributed by atoms with Crippen LogP contribution in [0.5, 0.6) is 11.5 Å². The van der Waals surface area contributed by atoms with Gasteiger partial charge in [-0.25, -0.2) is 5.21 Å². The Kier molecular flexibility index (Phi) is 5.52. The molecule has 3 aromatic rings. The Morgan fingerprint density at radius 1 is 0.889 bits per heavy atom. The van der Waals surface area contributed by atoms with Crippen molar-refractivity contribution in [3.8, 4) is 22.6 Å². The van der Waals surface area contributed by atoms with E-state index in [1.807, 2.05) is 42.5 Å². The molecule has 0 amide bonds. The number of nitrogens with one attached hydrogen (secondary N) is 1. The van der Waals surface area contributed by atoms with E-state index in [2.05, 4.69) is 0 Å². The zero-order valence-electron chi connectivity index (χ0n) is 14.9. The van der Waals surface area contributed by atoms with Gasteiger partial charge in [0.2, 0.25) is 0 Å². The van der Waals surface area contributed by atoms with Gasteiger partial charge >= 0.3 is 0 Å². The molecule has 0 fully saturated rings. The number of hydrogen-bond acceptors (Lipinski definition) is 5. The van der Waals surface area contributed by atoms with Crippen LogP contribution in [-0.2, 0) is 0 Å². The molecule has 1 unspecified atom stereocenters. The van der Waals surface area contributed by atoms with Crippen molar-refractivity contribution < 1.29 is 24.7 Å². The third kappa shape index (κ3) is 3.83. The van der Waals surface area contributed by atoms with E-state index in [9.17, 15) is 15.2 Å². The van der Waals surface area contributed by atoms with Crippen molar-refractivity contribution in [2.75, 3.05) is 14.2 Å². The van der Waals surface area contributed by atoms with Gasteiger partial charge in [0, 0.05) is 17.7 Å². The summed E-state index contributed by atoms with van der Waals surface area (Å²) in [5.41, 5.74) is 2.31. The van der Waals surface area contributed by atoms with Gasteiger partial charge in [-0.05, 0) is 11.1 Å². The van der Waals surface area contributed by atoms with E-state index in [1.54, 1.807) is 12.1 Å². The predicted octanol–water partition coefficient (Wildman–Crippen LogP) is 3.01. The van der Waals surface area contributed by atoms with Gasteiger partial charge < -0.3 is 14.7 Å². The highest BCUT2D eigenvalue weighted by atomic mass is 16.8. The molecule has 0 saturated carbocycles. The molecule has 3 rings (SSSR count). The first kappa shape index (κ1) is 18.6. The molecule has 6 heteroatoms. The molecule has 0 radical (unpaired) electrons. The lowest BCUT2D eigenvalue weighted by Gasteiger charge is -2.18. The minimum atomic E-state index is -1.21. The Hall–Kier alpha value is -3.19. The van der Waals surface area contributed by atoms with Gasteiger partial charge in [-0.2, -0.15) is 5.23 Å². The van der Waals surface area contributed by atoms with E-state index in [0.717, 1.165) is 11.1 Å². The minimum absolute atomic E-state index is 0.0487. The van der Waals surface area contributed by atoms with Gasteiger partial charge in [0.1, 0.15) is 0 Å². The first-order chi connectivity index (χ1) is 13.0. The van der Waals surface area contributed by atoms with E-state index in [1.165, 1.54) is 26.4 Å².